The number of nitrogens with zero attached hydrogens (tertiary/aromatic N) is 1. The van der Waals surface area contributed by atoms with Crippen molar-refractivity contribution >= 4 is 0 Å². The third-order valence-corrected chi connectivity index (χ3v) is 2.81. The minimum absolute atomic E-state index is 0.0104. The molecule has 0 saturated carbocycles. The highest BCUT2D eigenvalue weighted by atomic mass is 16.5. The van der Waals surface area contributed by atoms with Gasteiger partial charge < -0.3 is 14.9 Å². The third kappa shape index (κ3) is 5.47. The number of aliphatic hydroxyl groups excluding tert-OH is 2. The molecule has 1 aliphatic heterocycles. The third-order valence-electron chi connectivity index (χ3n) is 2.81. The van der Waals surface area contributed by atoms with E-state index in [1.54, 1.807) is 0 Å². The zero-order chi connectivity index (χ0) is 10.9. The van der Waals surface area contributed by atoms with Gasteiger partial charge in [0.15, 0.2) is 0 Å². The van der Waals surface area contributed by atoms with Gasteiger partial charge in [0, 0.05) is 19.7 Å². The molecule has 0 amide bonds. The Bertz CT molecular complexity index is 155. The first-order valence-electron chi connectivity index (χ1n) is 5.92. The number of rotatable bonds is 7. The lowest BCUT2D eigenvalue weighted by Crippen LogP contribution is -2.44. The number of hydrogen-bond donors (Lipinski definition) is 2. The quantitative estimate of drug-likeness (QED) is 0.600. The molecule has 4 nitrogen and oxygen atoms in total. The molecule has 1 aliphatic rings. The van der Waals surface area contributed by atoms with E-state index < -0.39 is 0 Å². The maximum absolute atomic E-state index is 8.97. The Balaban J connectivity index is 2.00. The van der Waals surface area contributed by atoms with E-state index in [1.807, 2.05) is 0 Å². The summed E-state index contributed by atoms with van der Waals surface area (Å²) < 4.78 is 5.38. The summed E-state index contributed by atoms with van der Waals surface area (Å²) in [4.78, 5) is 2.35. The highest BCUT2D eigenvalue weighted by Gasteiger charge is 2.18. The van der Waals surface area contributed by atoms with Crippen molar-refractivity contribution in [2.45, 2.75) is 31.8 Å². The van der Waals surface area contributed by atoms with E-state index in [0.29, 0.717) is 6.61 Å². The normalized spacial score (nSPS) is 23.2. The maximum atomic E-state index is 8.97. The van der Waals surface area contributed by atoms with Crippen LogP contribution in [0, 0.1) is 0 Å². The van der Waals surface area contributed by atoms with Crippen molar-refractivity contribution in [1.29, 1.82) is 0 Å². The average molecular weight is 217 g/mol. The van der Waals surface area contributed by atoms with Crippen LogP contribution in [0.3, 0.4) is 0 Å². The summed E-state index contributed by atoms with van der Waals surface area (Å²) >= 11 is 0. The van der Waals surface area contributed by atoms with Crippen molar-refractivity contribution in [3.63, 3.8) is 0 Å². The lowest BCUT2D eigenvalue weighted by Gasteiger charge is -2.31. The zero-order valence-electron chi connectivity index (χ0n) is 9.40. The molecule has 0 aromatic heterocycles. The van der Waals surface area contributed by atoms with Crippen LogP contribution in [-0.4, -0.2) is 60.7 Å². The molecule has 15 heavy (non-hydrogen) atoms. The second-order valence-electron chi connectivity index (χ2n) is 4.11. The lowest BCUT2D eigenvalue weighted by molar-refractivity contribution is -0.0529. The second-order valence-corrected chi connectivity index (χ2v) is 4.11. The van der Waals surface area contributed by atoms with Crippen LogP contribution >= 0.6 is 0 Å². The van der Waals surface area contributed by atoms with Crippen LogP contribution in [0.5, 0.6) is 0 Å². The van der Waals surface area contributed by atoms with E-state index in [9.17, 15) is 0 Å². The fourth-order valence-electron chi connectivity index (χ4n) is 1.89. The Morgan fingerprint density at radius 1 is 1.13 bits per heavy atom. The lowest BCUT2D eigenvalue weighted by atomic mass is 10.2. The van der Waals surface area contributed by atoms with Crippen molar-refractivity contribution in [2.24, 2.45) is 0 Å². The molecule has 0 spiro atoms. The van der Waals surface area contributed by atoms with E-state index in [4.69, 9.17) is 14.9 Å². The molecule has 2 N–H and O–H groups in total. The van der Waals surface area contributed by atoms with Gasteiger partial charge in [-0.3, -0.25) is 4.90 Å². The number of aliphatic hydroxyl groups is 2. The van der Waals surface area contributed by atoms with Crippen LogP contribution in [-0.2, 0) is 4.74 Å². The highest BCUT2D eigenvalue weighted by Crippen LogP contribution is 2.07. The van der Waals surface area contributed by atoms with Crippen LogP contribution in [0.15, 0.2) is 0 Å². The number of unbranched alkanes of at least 4 members (excludes halogenated alkanes) is 3. The van der Waals surface area contributed by atoms with Gasteiger partial charge >= 0.3 is 0 Å². The minimum atomic E-state index is 0.0104. The Labute approximate surface area is 91.8 Å². The number of morpholine rings is 1. The fourth-order valence-corrected chi connectivity index (χ4v) is 1.89. The number of ether oxygens (including phenoxy) is 1. The Morgan fingerprint density at radius 2 is 1.93 bits per heavy atom. The Morgan fingerprint density at radius 3 is 2.67 bits per heavy atom. The molecular weight excluding hydrogens is 194 g/mol. The predicted molar refractivity (Wildman–Crippen MR) is 58.8 cm³/mol. The van der Waals surface area contributed by atoms with Gasteiger partial charge in [0.1, 0.15) is 0 Å². The standard InChI is InChI=1S/C11H23NO3/c13-7-4-2-1-3-5-12-6-8-15-11(9-12)10-14/h11,13-14H,1-10H2. The summed E-state index contributed by atoms with van der Waals surface area (Å²) in [6, 6.07) is 0. The van der Waals surface area contributed by atoms with Gasteiger partial charge in [-0.25, -0.2) is 0 Å². The Hall–Kier alpha value is -0.160. The molecule has 0 radical (unpaired) electrons. The molecule has 1 rings (SSSR count). The maximum Gasteiger partial charge on any atom is 0.0932 e. The topological polar surface area (TPSA) is 52.9 Å². The smallest absolute Gasteiger partial charge is 0.0932 e. The van der Waals surface area contributed by atoms with Gasteiger partial charge in [0.25, 0.3) is 0 Å². The summed E-state index contributed by atoms with van der Waals surface area (Å²) in [5.41, 5.74) is 0. The monoisotopic (exact) mass is 217 g/mol. The van der Waals surface area contributed by atoms with E-state index in [0.717, 1.165) is 39.1 Å². The summed E-state index contributed by atoms with van der Waals surface area (Å²) in [6.45, 7) is 4.10. The van der Waals surface area contributed by atoms with Crippen LogP contribution < -0.4 is 0 Å². The van der Waals surface area contributed by atoms with Crippen molar-refractivity contribution in [3.05, 3.63) is 0 Å². The zero-order valence-corrected chi connectivity index (χ0v) is 9.40. The molecule has 1 unspecified atom stereocenters. The van der Waals surface area contributed by atoms with Gasteiger partial charge in [-0.05, 0) is 19.4 Å². The van der Waals surface area contributed by atoms with Crippen LogP contribution in [0.1, 0.15) is 25.7 Å². The molecule has 4 heteroatoms. The molecule has 0 aromatic carbocycles. The van der Waals surface area contributed by atoms with Gasteiger partial charge in [-0.15, -0.1) is 0 Å². The first kappa shape index (κ1) is 12.9. The molecule has 1 heterocycles. The van der Waals surface area contributed by atoms with Gasteiger partial charge in [0.05, 0.1) is 19.3 Å². The van der Waals surface area contributed by atoms with Gasteiger partial charge in [-0.1, -0.05) is 12.8 Å². The number of hydrogen-bond acceptors (Lipinski definition) is 4. The van der Waals surface area contributed by atoms with Gasteiger partial charge in [-0.2, -0.15) is 0 Å². The first-order chi connectivity index (χ1) is 7.36. The van der Waals surface area contributed by atoms with Crippen LogP contribution in [0.2, 0.25) is 0 Å². The van der Waals surface area contributed by atoms with Gasteiger partial charge in [0.2, 0.25) is 0 Å². The predicted octanol–water partition coefficient (Wildman–Crippen LogP) is 0.232. The summed E-state index contributed by atoms with van der Waals surface area (Å²) in [7, 11) is 0. The van der Waals surface area contributed by atoms with Crippen molar-refractivity contribution in [3.8, 4) is 0 Å². The first-order valence-corrected chi connectivity index (χ1v) is 5.92. The molecule has 0 bridgehead atoms. The molecule has 0 aromatic rings. The van der Waals surface area contributed by atoms with E-state index in [2.05, 4.69) is 4.90 Å². The average Bonchev–Trinajstić information content (AvgIpc) is 2.29. The summed E-state index contributed by atoms with van der Waals surface area (Å²) in [6.07, 6.45) is 4.41. The fraction of sp³-hybridized carbons (Fsp3) is 1.00. The molecule has 1 fully saturated rings. The largest absolute Gasteiger partial charge is 0.396 e. The molecule has 0 aliphatic carbocycles. The van der Waals surface area contributed by atoms with E-state index in [-0.39, 0.29) is 12.7 Å². The summed E-state index contributed by atoms with van der Waals surface area (Å²) in [5.74, 6) is 0. The minimum Gasteiger partial charge on any atom is -0.396 e. The van der Waals surface area contributed by atoms with Crippen LogP contribution in [0.4, 0.5) is 0 Å². The summed E-state index contributed by atoms with van der Waals surface area (Å²) in [5, 5.41) is 17.6. The second kappa shape index (κ2) is 8.05. The van der Waals surface area contributed by atoms with Crippen molar-refractivity contribution in [2.75, 3.05) is 39.5 Å². The van der Waals surface area contributed by atoms with Crippen molar-refractivity contribution in [1.82, 2.24) is 4.90 Å². The Kier molecular flexibility index (Phi) is 6.92. The van der Waals surface area contributed by atoms with E-state index >= 15 is 0 Å². The van der Waals surface area contributed by atoms with Crippen LogP contribution in [0.25, 0.3) is 0 Å². The van der Waals surface area contributed by atoms with Crippen molar-refractivity contribution < 1.29 is 14.9 Å². The van der Waals surface area contributed by atoms with E-state index in [1.165, 1.54) is 12.8 Å². The molecule has 1 saturated heterocycles. The molecule has 90 valence electrons. The molecular formula is C11H23NO3. The SMILES string of the molecule is OCCCCCCN1CCOC(CO)C1. The highest BCUT2D eigenvalue weighted by molar-refractivity contribution is 4.70. The molecule has 1 atom stereocenters.